The van der Waals surface area contributed by atoms with E-state index < -0.39 is 0 Å². The normalized spacial score (nSPS) is 14.7. The van der Waals surface area contributed by atoms with E-state index in [0.717, 1.165) is 33.2 Å². The summed E-state index contributed by atoms with van der Waals surface area (Å²) in [5, 5.41) is 16.9. The number of nitrogens with one attached hydrogen (secondary N) is 2. The lowest BCUT2D eigenvalue weighted by molar-refractivity contribution is 0.256. The summed E-state index contributed by atoms with van der Waals surface area (Å²) >= 11 is 1.37. The van der Waals surface area contributed by atoms with E-state index in [9.17, 15) is 9.65 Å². The predicted octanol–water partition coefficient (Wildman–Crippen LogP) is 4.00. The highest BCUT2D eigenvalue weighted by molar-refractivity contribution is 7.10. The van der Waals surface area contributed by atoms with Gasteiger partial charge in [-0.25, -0.2) is 9.37 Å². The van der Waals surface area contributed by atoms with Gasteiger partial charge in [-0.15, -0.1) is 0 Å². The van der Waals surface area contributed by atoms with Crippen LogP contribution in [0.25, 0.3) is 0 Å². The monoisotopic (exact) mass is 437 g/mol. The average Bonchev–Trinajstić information content (AvgIpc) is 3.09. The fourth-order valence-corrected chi connectivity index (χ4v) is 4.48. The number of aryl methyl sites for hydroxylation is 3. The maximum Gasteiger partial charge on any atom is 0.229 e. The van der Waals surface area contributed by atoms with Crippen molar-refractivity contribution >= 4 is 28.3 Å². The van der Waals surface area contributed by atoms with Crippen molar-refractivity contribution in [3.63, 3.8) is 0 Å². The van der Waals surface area contributed by atoms with E-state index in [1.54, 1.807) is 6.20 Å². The van der Waals surface area contributed by atoms with Crippen LogP contribution in [0.2, 0.25) is 0 Å². The van der Waals surface area contributed by atoms with Gasteiger partial charge in [0.1, 0.15) is 16.6 Å². The Kier molecular flexibility index (Phi) is 5.85. The number of aromatic nitrogens is 3. The Morgan fingerprint density at radius 1 is 1.23 bits per heavy atom. The SMILES string of the molecule is Cc1cc(F)cc(CNC2(CC#N)CN(c3nc(Nc4cc(C)ns4)ncc3C)C2)c1. The van der Waals surface area contributed by atoms with Gasteiger partial charge < -0.3 is 15.5 Å². The maximum absolute atomic E-state index is 13.7. The molecule has 1 saturated heterocycles. The zero-order valence-electron chi connectivity index (χ0n) is 17.7. The Bertz CT molecular complexity index is 1110. The molecule has 9 heteroatoms. The van der Waals surface area contributed by atoms with Crippen molar-refractivity contribution in [1.82, 2.24) is 19.7 Å². The number of anilines is 3. The van der Waals surface area contributed by atoms with E-state index in [-0.39, 0.29) is 11.4 Å². The van der Waals surface area contributed by atoms with Crippen molar-refractivity contribution in [3.05, 3.63) is 58.7 Å². The molecule has 7 nitrogen and oxygen atoms in total. The lowest BCUT2D eigenvalue weighted by atomic mass is 9.86. The van der Waals surface area contributed by atoms with Gasteiger partial charge in [0, 0.05) is 31.4 Å². The number of nitriles is 1. The fourth-order valence-electron chi connectivity index (χ4n) is 3.82. The number of nitrogens with zero attached hydrogens (tertiary/aromatic N) is 5. The zero-order valence-corrected chi connectivity index (χ0v) is 18.6. The smallest absolute Gasteiger partial charge is 0.229 e. The van der Waals surface area contributed by atoms with Gasteiger partial charge in [0.25, 0.3) is 0 Å². The summed E-state index contributed by atoms with van der Waals surface area (Å²) in [6.45, 7) is 7.59. The average molecular weight is 438 g/mol. The molecule has 0 atom stereocenters. The molecule has 1 aromatic carbocycles. The van der Waals surface area contributed by atoms with Crippen LogP contribution >= 0.6 is 11.5 Å². The van der Waals surface area contributed by atoms with Crippen LogP contribution in [0.15, 0.2) is 30.5 Å². The molecule has 0 spiro atoms. The Balaban J connectivity index is 1.45. The fraction of sp³-hybridized carbons (Fsp3) is 0.364. The van der Waals surface area contributed by atoms with Gasteiger partial charge in [0.15, 0.2) is 0 Å². The first-order chi connectivity index (χ1) is 14.9. The second kappa shape index (κ2) is 8.57. The first kappa shape index (κ1) is 21.2. The Morgan fingerprint density at radius 2 is 2.03 bits per heavy atom. The molecular weight excluding hydrogens is 413 g/mol. The van der Waals surface area contributed by atoms with Crippen molar-refractivity contribution in [2.24, 2.45) is 0 Å². The van der Waals surface area contributed by atoms with Crippen LogP contribution in [0, 0.1) is 37.9 Å². The molecule has 1 fully saturated rings. The molecular formula is C22H24FN7S. The van der Waals surface area contributed by atoms with Crippen LogP contribution in [-0.2, 0) is 6.54 Å². The van der Waals surface area contributed by atoms with Crippen molar-refractivity contribution in [3.8, 4) is 6.07 Å². The van der Waals surface area contributed by atoms with Gasteiger partial charge in [-0.3, -0.25) is 0 Å². The van der Waals surface area contributed by atoms with E-state index in [4.69, 9.17) is 0 Å². The molecule has 0 aliphatic carbocycles. The molecule has 31 heavy (non-hydrogen) atoms. The third-order valence-corrected chi connectivity index (χ3v) is 6.08. The van der Waals surface area contributed by atoms with Crippen LogP contribution < -0.4 is 15.5 Å². The van der Waals surface area contributed by atoms with Crippen molar-refractivity contribution in [2.75, 3.05) is 23.3 Å². The summed E-state index contributed by atoms with van der Waals surface area (Å²) in [5.41, 5.74) is 3.32. The minimum Gasteiger partial charge on any atom is -0.352 e. The quantitative estimate of drug-likeness (QED) is 0.577. The summed E-state index contributed by atoms with van der Waals surface area (Å²) in [5.74, 6) is 1.12. The van der Waals surface area contributed by atoms with Crippen LogP contribution in [0.3, 0.4) is 0 Å². The van der Waals surface area contributed by atoms with Crippen molar-refractivity contribution < 1.29 is 4.39 Å². The van der Waals surface area contributed by atoms with Crippen molar-refractivity contribution in [1.29, 1.82) is 5.26 Å². The number of hydrogen-bond acceptors (Lipinski definition) is 8. The van der Waals surface area contributed by atoms with E-state index in [0.29, 0.717) is 32.0 Å². The summed E-state index contributed by atoms with van der Waals surface area (Å²) in [6.07, 6.45) is 2.17. The topological polar surface area (TPSA) is 89.8 Å². The molecule has 160 valence electrons. The summed E-state index contributed by atoms with van der Waals surface area (Å²) in [6, 6.07) is 9.24. The van der Waals surface area contributed by atoms with Crippen LogP contribution in [-0.4, -0.2) is 33.0 Å². The molecule has 0 amide bonds. The van der Waals surface area contributed by atoms with E-state index in [2.05, 4.69) is 35.9 Å². The third-order valence-electron chi connectivity index (χ3n) is 5.28. The number of hydrogen-bond donors (Lipinski definition) is 2. The Labute approximate surface area is 185 Å². The standard InChI is InChI=1S/C22H24FN7S/c1-14-6-17(9-18(23)7-14)11-26-22(4-5-24)12-30(13-22)20-15(2)10-25-21(28-20)27-19-8-16(3)29-31-19/h6-10,26H,4,11-13H2,1-3H3,(H,25,27,28). The summed E-state index contributed by atoms with van der Waals surface area (Å²) in [4.78, 5) is 11.2. The van der Waals surface area contributed by atoms with Gasteiger partial charge in [-0.1, -0.05) is 6.07 Å². The van der Waals surface area contributed by atoms with Gasteiger partial charge in [0.2, 0.25) is 5.95 Å². The van der Waals surface area contributed by atoms with Gasteiger partial charge >= 0.3 is 0 Å². The number of rotatable bonds is 7. The predicted molar refractivity (Wildman–Crippen MR) is 120 cm³/mol. The molecule has 0 saturated carbocycles. The molecule has 3 aromatic rings. The van der Waals surface area contributed by atoms with Gasteiger partial charge in [0.05, 0.1) is 23.7 Å². The number of benzene rings is 1. The first-order valence-corrected chi connectivity index (χ1v) is 10.8. The number of halogens is 1. The van der Waals surface area contributed by atoms with E-state index in [1.165, 1.54) is 23.7 Å². The lowest BCUT2D eigenvalue weighted by Gasteiger charge is -2.50. The van der Waals surface area contributed by atoms with Crippen LogP contribution in [0.4, 0.5) is 21.2 Å². The molecule has 4 rings (SSSR count). The molecule has 0 bridgehead atoms. The molecule has 2 aromatic heterocycles. The molecule has 3 heterocycles. The highest BCUT2D eigenvalue weighted by atomic mass is 32.1. The zero-order chi connectivity index (χ0) is 22.0. The van der Waals surface area contributed by atoms with Crippen LogP contribution in [0.1, 0.15) is 28.8 Å². The highest BCUT2D eigenvalue weighted by Crippen LogP contribution is 2.32. The Morgan fingerprint density at radius 3 is 2.71 bits per heavy atom. The largest absolute Gasteiger partial charge is 0.352 e. The maximum atomic E-state index is 13.7. The van der Waals surface area contributed by atoms with Gasteiger partial charge in [-0.2, -0.15) is 14.6 Å². The third kappa shape index (κ3) is 4.81. The van der Waals surface area contributed by atoms with Gasteiger partial charge in [-0.05, 0) is 61.6 Å². The summed E-state index contributed by atoms with van der Waals surface area (Å²) in [7, 11) is 0. The molecule has 2 N–H and O–H groups in total. The van der Waals surface area contributed by atoms with E-state index in [1.807, 2.05) is 32.9 Å². The van der Waals surface area contributed by atoms with Crippen molar-refractivity contribution in [2.45, 2.75) is 39.3 Å². The first-order valence-electron chi connectivity index (χ1n) is 10.0. The highest BCUT2D eigenvalue weighted by Gasteiger charge is 2.43. The summed E-state index contributed by atoms with van der Waals surface area (Å²) < 4.78 is 18.0. The van der Waals surface area contributed by atoms with E-state index >= 15 is 0 Å². The molecule has 0 unspecified atom stereocenters. The molecule has 1 aliphatic rings. The lowest BCUT2D eigenvalue weighted by Crippen LogP contribution is -2.69. The Hall–Kier alpha value is -3.09. The second-order valence-electron chi connectivity index (χ2n) is 8.12. The van der Waals surface area contributed by atoms with Crippen LogP contribution in [0.5, 0.6) is 0 Å². The molecule has 1 aliphatic heterocycles. The minimum atomic E-state index is -0.352. The second-order valence-corrected chi connectivity index (χ2v) is 8.92. The minimum absolute atomic E-state index is 0.242. The molecule has 0 radical (unpaired) electrons.